The van der Waals surface area contributed by atoms with Crippen LogP contribution in [-0.2, 0) is 17.1 Å². The number of hydrogen-bond donors (Lipinski definition) is 0. The molecule has 0 aliphatic rings. The molecule has 2 aromatic carbocycles. The Morgan fingerprint density at radius 2 is 1.43 bits per heavy atom. The quantitative estimate of drug-likeness (QED) is 0.568. The van der Waals surface area contributed by atoms with E-state index in [-0.39, 0.29) is 17.1 Å². The fraction of sp³-hybridized carbons (Fsp3) is 0.167. The molecule has 0 amide bonds. The molecule has 0 saturated heterocycles. The summed E-state index contributed by atoms with van der Waals surface area (Å²) in [4.78, 5) is 0. The predicted molar refractivity (Wildman–Crippen MR) is 55.2 cm³/mol. The minimum Gasteiger partial charge on any atom is -0.748 e. The van der Waals surface area contributed by atoms with Crippen molar-refractivity contribution in [2.75, 3.05) is 6.61 Å². The molecule has 0 N–H and O–H groups in total. The smallest absolute Gasteiger partial charge is 0.0686 e. The second-order valence-electron chi connectivity index (χ2n) is 2.52. The molecule has 0 aromatic heterocycles. The van der Waals surface area contributed by atoms with E-state index >= 15 is 0 Å². The molecule has 1 nitrogen and oxygen atoms in total. The van der Waals surface area contributed by atoms with Gasteiger partial charge in [0.15, 0.2) is 0 Å². The summed E-state index contributed by atoms with van der Waals surface area (Å²) in [6, 6.07) is 17.8. The van der Waals surface area contributed by atoms with Crippen LogP contribution in [0.5, 0.6) is 5.75 Å². The van der Waals surface area contributed by atoms with Crippen molar-refractivity contribution in [1.82, 2.24) is 0 Å². The fourth-order valence-electron chi connectivity index (χ4n) is 0.940. The van der Waals surface area contributed by atoms with E-state index in [9.17, 15) is 0 Å². The Morgan fingerprint density at radius 1 is 1.00 bits per heavy atom. The zero-order valence-corrected chi connectivity index (χ0v) is 9.27. The van der Waals surface area contributed by atoms with E-state index in [1.165, 1.54) is 0 Å². The van der Waals surface area contributed by atoms with Crippen molar-refractivity contribution in [3.05, 3.63) is 54.6 Å². The van der Waals surface area contributed by atoms with E-state index in [0.29, 0.717) is 0 Å². The first-order valence-electron chi connectivity index (χ1n) is 4.44. The van der Waals surface area contributed by atoms with Gasteiger partial charge in [-0.3, -0.25) is 0 Å². The van der Waals surface area contributed by atoms with Crippen LogP contribution in [0.1, 0.15) is 6.92 Å². The Balaban J connectivity index is 0.000000246. The van der Waals surface area contributed by atoms with Crippen LogP contribution in [0, 0.1) is 0 Å². The van der Waals surface area contributed by atoms with Gasteiger partial charge < -0.3 is 35.1 Å². The molecular weight excluding hydrogens is 216 g/mol. The zero-order chi connectivity index (χ0) is 9.36. The Kier molecular flexibility index (Phi) is 8.01. The van der Waals surface area contributed by atoms with Gasteiger partial charge in [0, 0.05) is 22.8 Å². The molecule has 0 radical (unpaired) electrons. The van der Waals surface area contributed by atoms with E-state index in [4.69, 9.17) is 4.74 Å². The van der Waals surface area contributed by atoms with E-state index < -0.39 is 0 Å². The van der Waals surface area contributed by atoms with Crippen LogP contribution in [-0.4, -0.2) is 6.61 Å². The normalized spacial score (nSPS) is 8.07. The number of hydrogen-bond acceptors (Lipinski definition) is 1. The van der Waals surface area contributed by atoms with Gasteiger partial charge in [-0.2, -0.15) is 0 Å². The van der Waals surface area contributed by atoms with Crippen molar-refractivity contribution < 1.29 is 21.8 Å². The van der Waals surface area contributed by atoms with Crippen molar-refractivity contribution in [1.29, 1.82) is 0 Å². The Bertz CT molecular complexity index is 254. The summed E-state index contributed by atoms with van der Waals surface area (Å²) in [5.74, 6) is 0.965. The van der Waals surface area contributed by atoms with E-state index in [0.717, 1.165) is 12.4 Å². The largest absolute Gasteiger partial charge is 0.748 e. The Labute approximate surface area is 95.9 Å². The topological polar surface area (TPSA) is 9.23 Å². The summed E-state index contributed by atoms with van der Waals surface area (Å²) < 4.78 is 5.15. The van der Waals surface area contributed by atoms with Crippen LogP contribution < -0.4 is 4.74 Å². The molecule has 0 heterocycles. The maximum absolute atomic E-state index is 5.15. The maximum atomic E-state index is 5.15. The molecule has 14 heavy (non-hydrogen) atoms. The second-order valence-corrected chi connectivity index (χ2v) is 2.52. The molecule has 0 aliphatic carbocycles. The monoisotopic (exact) mass is 230 g/mol. The molecule has 2 rings (SSSR count). The first kappa shape index (κ1) is 13.0. The zero-order valence-electron chi connectivity index (χ0n) is 8.17. The summed E-state index contributed by atoms with van der Waals surface area (Å²) >= 11 is 0. The summed E-state index contributed by atoms with van der Waals surface area (Å²) in [5, 5.41) is 0. The second kappa shape index (κ2) is 8.61. The molecule has 0 saturated carbocycles. The predicted octanol–water partition coefficient (Wildman–Crippen LogP) is 3.21. The molecule has 0 fully saturated rings. The van der Waals surface area contributed by atoms with E-state index in [2.05, 4.69) is 0 Å². The summed E-state index contributed by atoms with van der Waals surface area (Å²) in [7, 11) is 0. The van der Waals surface area contributed by atoms with Gasteiger partial charge in [0.05, 0.1) is 6.61 Å². The van der Waals surface area contributed by atoms with Gasteiger partial charge in [-0.15, -0.1) is 12.1 Å². The Morgan fingerprint density at radius 3 is 1.79 bits per heavy atom. The van der Waals surface area contributed by atoms with Crippen LogP contribution in [0.25, 0.3) is 0 Å². The summed E-state index contributed by atoms with van der Waals surface area (Å²) in [6.07, 6.45) is 0. The van der Waals surface area contributed by atoms with Crippen molar-refractivity contribution in [2.24, 2.45) is 0 Å². The molecular formula is C12H14FeO-6. The van der Waals surface area contributed by atoms with Gasteiger partial charge in [-0.05, 0) is 6.92 Å². The van der Waals surface area contributed by atoms with Gasteiger partial charge >= 0.3 is 0 Å². The molecule has 82 valence electrons. The molecule has 2 heteroatoms. The van der Waals surface area contributed by atoms with Crippen molar-refractivity contribution in [3.8, 4) is 5.75 Å². The third-order valence-corrected chi connectivity index (χ3v) is 1.50. The molecule has 0 atom stereocenters. The third kappa shape index (κ3) is 5.63. The van der Waals surface area contributed by atoms with Crippen LogP contribution >= 0.6 is 0 Å². The van der Waals surface area contributed by atoms with Crippen LogP contribution in [0.15, 0.2) is 54.6 Å². The standard InChI is InChI=1S/C7H9O.C5H5.Fe/c1-2-8-7-5-3-4-6-7;1-2-4-5-3-1;/h3-6H,2H2,1H3;1-5H;/q-1;-5;. The van der Waals surface area contributed by atoms with Crippen molar-refractivity contribution in [3.63, 3.8) is 0 Å². The molecule has 2 aromatic rings. The SMILES string of the molecule is CCO[c-]1cccc1.[Fe].[cH-]1[cH-][cH-][cH-][cH-]1. The maximum Gasteiger partial charge on any atom is 0.0686 e. The molecule has 0 aliphatic heterocycles. The number of rotatable bonds is 2. The Hall–Kier alpha value is -0.981. The molecule has 0 unspecified atom stereocenters. The molecule has 0 bridgehead atoms. The average Bonchev–Trinajstić information content (AvgIpc) is 2.79. The van der Waals surface area contributed by atoms with Gasteiger partial charge in [0.25, 0.3) is 0 Å². The van der Waals surface area contributed by atoms with Crippen LogP contribution in [0.4, 0.5) is 0 Å². The van der Waals surface area contributed by atoms with Gasteiger partial charge in [0.1, 0.15) is 0 Å². The third-order valence-electron chi connectivity index (χ3n) is 1.50. The van der Waals surface area contributed by atoms with E-state index in [1.807, 2.05) is 61.5 Å². The van der Waals surface area contributed by atoms with E-state index in [1.54, 1.807) is 0 Å². The van der Waals surface area contributed by atoms with Gasteiger partial charge in [0.2, 0.25) is 0 Å². The minimum absolute atomic E-state index is 0. The van der Waals surface area contributed by atoms with Crippen molar-refractivity contribution >= 4 is 0 Å². The van der Waals surface area contributed by atoms with Crippen LogP contribution in [0.2, 0.25) is 0 Å². The summed E-state index contributed by atoms with van der Waals surface area (Å²) in [6.45, 7) is 2.73. The van der Waals surface area contributed by atoms with Crippen LogP contribution in [0.3, 0.4) is 0 Å². The van der Waals surface area contributed by atoms with Gasteiger partial charge in [-0.25, -0.2) is 12.1 Å². The fourth-order valence-corrected chi connectivity index (χ4v) is 0.940. The first-order chi connectivity index (χ1) is 6.43. The molecule has 0 spiro atoms. The minimum atomic E-state index is 0. The van der Waals surface area contributed by atoms with Crippen molar-refractivity contribution in [2.45, 2.75) is 6.92 Å². The van der Waals surface area contributed by atoms with Gasteiger partial charge in [-0.1, -0.05) is 0 Å². The first-order valence-corrected chi connectivity index (χ1v) is 4.44. The summed E-state index contributed by atoms with van der Waals surface area (Å²) in [5.41, 5.74) is 0. The average molecular weight is 230 g/mol. The number of ether oxygens (including phenoxy) is 1.